The molecule has 1 amide bonds. The number of hydrogen-bond acceptors (Lipinski definition) is 4. The zero-order valence-electron chi connectivity index (χ0n) is 13.6. The predicted octanol–water partition coefficient (Wildman–Crippen LogP) is 1.35. The molecule has 1 saturated heterocycles. The van der Waals surface area contributed by atoms with Crippen molar-refractivity contribution in [1.82, 2.24) is 15.1 Å². The molecule has 1 unspecified atom stereocenters. The summed E-state index contributed by atoms with van der Waals surface area (Å²) in [6.07, 6.45) is 4.73. The van der Waals surface area contributed by atoms with E-state index in [1.807, 2.05) is 20.8 Å². The molecule has 1 aliphatic heterocycles. The van der Waals surface area contributed by atoms with Crippen LogP contribution >= 0.6 is 0 Å². The zero-order chi connectivity index (χ0) is 15.5. The Morgan fingerprint density at radius 1 is 1.24 bits per heavy atom. The van der Waals surface area contributed by atoms with Crippen molar-refractivity contribution in [2.24, 2.45) is 0 Å². The molecule has 21 heavy (non-hydrogen) atoms. The van der Waals surface area contributed by atoms with E-state index >= 15 is 0 Å². The Morgan fingerprint density at radius 3 is 2.33 bits per heavy atom. The minimum Gasteiger partial charge on any atom is -0.352 e. The van der Waals surface area contributed by atoms with E-state index in [0.717, 1.165) is 39.0 Å². The fourth-order valence-corrected chi connectivity index (χ4v) is 3.30. The molecule has 0 aromatic heterocycles. The van der Waals surface area contributed by atoms with Crippen molar-refractivity contribution in [3.05, 3.63) is 0 Å². The van der Waals surface area contributed by atoms with Crippen LogP contribution in [-0.2, 0) is 4.79 Å². The first-order chi connectivity index (χ1) is 9.94. The Labute approximate surface area is 128 Å². The van der Waals surface area contributed by atoms with Crippen molar-refractivity contribution in [1.29, 1.82) is 5.26 Å². The monoisotopic (exact) mass is 292 g/mol. The first kappa shape index (κ1) is 16.3. The molecule has 1 saturated carbocycles. The number of amides is 1. The van der Waals surface area contributed by atoms with Crippen LogP contribution in [0.1, 0.15) is 46.5 Å². The van der Waals surface area contributed by atoms with Crippen LogP contribution in [0.2, 0.25) is 0 Å². The molecule has 0 spiro atoms. The van der Waals surface area contributed by atoms with Crippen LogP contribution in [0.4, 0.5) is 0 Å². The molecule has 0 aromatic rings. The number of nitrogens with one attached hydrogen (secondary N) is 1. The fraction of sp³-hybridized carbons (Fsp3) is 0.875. The van der Waals surface area contributed by atoms with Crippen LogP contribution in [0, 0.1) is 11.3 Å². The van der Waals surface area contributed by atoms with Crippen LogP contribution in [0.25, 0.3) is 0 Å². The number of nitrogens with zero attached hydrogens (tertiary/aromatic N) is 3. The molecule has 2 rings (SSSR count). The van der Waals surface area contributed by atoms with Gasteiger partial charge in [-0.25, -0.2) is 0 Å². The van der Waals surface area contributed by atoms with Gasteiger partial charge in [0.25, 0.3) is 0 Å². The second kappa shape index (κ2) is 6.76. The Morgan fingerprint density at radius 2 is 1.81 bits per heavy atom. The quantitative estimate of drug-likeness (QED) is 0.850. The summed E-state index contributed by atoms with van der Waals surface area (Å²) in [5.41, 5.74) is -0.415. The lowest BCUT2D eigenvalue weighted by Gasteiger charge is -2.42. The smallest absolute Gasteiger partial charge is 0.237 e. The Hall–Kier alpha value is -1.12. The Kier molecular flexibility index (Phi) is 5.23. The summed E-state index contributed by atoms with van der Waals surface area (Å²) in [6, 6.07) is 2.67. The highest BCUT2D eigenvalue weighted by atomic mass is 16.2. The second-order valence-electron chi connectivity index (χ2n) is 6.86. The highest BCUT2D eigenvalue weighted by Crippen LogP contribution is 2.19. The topological polar surface area (TPSA) is 59.4 Å². The number of hydrogen-bond donors (Lipinski definition) is 1. The highest BCUT2D eigenvalue weighted by Gasteiger charge is 2.33. The molecule has 1 aliphatic carbocycles. The second-order valence-corrected chi connectivity index (χ2v) is 6.86. The van der Waals surface area contributed by atoms with Gasteiger partial charge in [0.2, 0.25) is 5.91 Å². The molecule has 118 valence electrons. The third-order valence-electron chi connectivity index (χ3n) is 5.01. The standard InChI is InChI=1S/C16H28N4O/c1-13(15(21)18-14-6-4-5-7-14)19-8-10-20(11-9-19)16(2,3)12-17/h13-14H,4-11H2,1-3H3,(H,18,21). The van der Waals surface area contributed by atoms with Crippen molar-refractivity contribution in [3.8, 4) is 6.07 Å². The van der Waals surface area contributed by atoms with E-state index in [1.54, 1.807) is 0 Å². The maximum Gasteiger partial charge on any atom is 0.237 e. The molecule has 0 radical (unpaired) electrons. The van der Waals surface area contributed by atoms with E-state index in [2.05, 4.69) is 21.2 Å². The van der Waals surface area contributed by atoms with Crippen molar-refractivity contribution >= 4 is 5.91 Å². The van der Waals surface area contributed by atoms with Gasteiger partial charge in [-0.1, -0.05) is 12.8 Å². The molecule has 2 aliphatic rings. The number of carbonyl (C=O) groups excluding carboxylic acids is 1. The Balaban J connectivity index is 1.81. The molecule has 2 fully saturated rings. The van der Waals surface area contributed by atoms with Gasteiger partial charge in [-0.3, -0.25) is 14.6 Å². The maximum absolute atomic E-state index is 12.3. The van der Waals surface area contributed by atoms with Crippen molar-refractivity contribution in [2.45, 2.75) is 64.1 Å². The van der Waals surface area contributed by atoms with Gasteiger partial charge in [0, 0.05) is 32.2 Å². The van der Waals surface area contributed by atoms with Crippen LogP contribution < -0.4 is 5.32 Å². The lowest BCUT2D eigenvalue weighted by molar-refractivity contribution is -0.127. The van der Waals surface area contributed by atoms with Crippen LogP contribution in [0.15, 0.2) is 0 Å². The Bertz CT molecular complexity index is 401. The van der Waals surface area contributed by atoms with E-state index in [-0.39, 0.29) is 11.9 Å². The molecule has 5 nitrogen and oxygen atoms in total. The molecular formula is C16H28N4O. The summed E-state index contributed by atoms with van der Waals surface area (Å²) in [4.78, 5) is 16.7. The van der Waals surface area contributed by atoms with Gasteiger partial charge < -0.3 is 5.32 Å². The number of carbonyl (C=O) groups is 1. The van der Waals surface area contributed by atoms with Crippen molar-refractivity contribution in [2.75, 3.05) is 26.2 Å². The minimum atomic E-state index is -0.415. The number of nitriles is 1. The summed E-state index contributed by atoms with van der Waals surface area (Å²) in [5.74, 6) is 0.162. The number of rotatable bonds is 4. The molecule has 1 atom stereocenters. The van der Waals surface area contributed by atoms with Gasteiger partial charge in [-0.05, 0) is 33.6 Å². The van der Waals surface area contributed by atoms with E-state index < -0.39 is 5.54 Å². The molecule has 0 bridgehead atoms. The number of piperazine rings is 1. The summed E-state index contributed by atoms with van der Waals surface area (Å²) in [7, 11) is 0. The van der Waals surface area contributed by atoms with Crippen molar-refractivity contribution in [3.63, 3.8) is 0 Å². The zero-order valence-corrected chi connectivity index (χ0v) is 13.6. The summed E-state index contributed by atoms with van der Waals surface area (Å²) in [5, 5.41) is 12.4. The van der Waals surface area contributed by atoms with Gasteiger partial charge in [0.15, 0.2) is 0 Å². The van der Waals surface area contributed by atoms with Gasteiger partial charge >= 0.3 is 0 Å². The third-order valence-corrected chi connectivity index (χ3v) is 5.01. The van der Waals surface area contributed by atoms with E-state index in [4.69, 9.17) is 0 Å². The normalized spacial score (nSPS) is 23.7. The first-order valence-corrected chi connectivity index (χ1v) is 8.15. The SMILES string of the molecule is CC(C(=O)NC1CCCC1)N1CCN(C(C)(C)C#N)CC1. The predicted molar refractivity (Wildman–Crippen MR) is 82.7 cm³/mol. The largest absolute Gasteiger partial charge is 0.352 e. The van der Waals surface area contributed by atoms with Gasteiger partial charge in [-0.2, -0.15) is 5.26 Å². The lowest BCUT2D eigenvalue weighted by Crippen LogP contribution is -2.58. The summed E-state index contributed by atoms with van der Waals surface area (Å²) < 4.78 is 0. The van der Waals surface area contributed by atoms with Gasteiger partial charge in [0.05, 0.1) is 12.1 Å². The molecule has 1 N–H and O–H groups in total. The summed E-state index contributed by atoms with van der Waals surface area (Å²) in [6.45, 7) is 9.31. The summed E-state index contributed by atoms with van der Waals surface area (Å²) >= 11 is 0. The van der Waals surface area contributed by atoms with E-state index in [0.29, 0.717) is 6.04 Å². The molecular weight excluding hydrogens is 264 g/mol. The lowest BCUT2D eigenvalue weighted by atomic mass is 10.0. The van der Waals surface area contributed by atoms with Crippen molar-refractivity contribution < 1.29 is 4.79 Å². The van der Waals surface area contributed by atoms with Crippen LogP contribution in [0.5, 0.6) is 0 Å². The fourth-order valence-electron chi connectivity index (χ4n) is 3.30. The molecule has 1 heterocycles. The van der Waals surface area contributed by atoms with Crippen LogP contribution in [0.3, 0.4) is 0 Å². The molecule has 0 aromatic carbocycles. The average molecular weight is 292 g/mol. The van der Waals surface area contributed by atoms with Gasteiger partial charge in [0.1, 0.15) is 5.54 Å². The average Bonchev–Trinajstić information content (AvgIpc) is 2.99. The molecule has 5 heteroatoms. The minimum absolute atomic E-state index is 0.0713. The van der Waals surface area contributed by atoms with Crippen LogP contribution in [-0.4, -0.2) is 59.5 Å². The van der Waals surface area contributed by atoms with E-state index in [9.17, 15) is 10.1 Å². The third kappa shape index (κ3) is 3.96. The van der Waals surface area contributed by atoms with Gasteiger partial charge in [-0.15, -0.1) is 0 Å². The highest BCUT2D eigenvalue weighted by molar-refractivity contribution is 5.81. The first-order valence-electron chi connectivity index (χ1n) is 8.15. The van der Waals surface area contributed by atoms with E-state index in [1.165, 1.54) is 12.8 Å². The maximum atomic E-state index is 12.3.